The molecule has 0 aromatic heterocycles. The summed E-state index contributed by atoms with van der Waals surface area (Å²) in [5.41, 5.74) is 5.83. The van der Waals surface area contributed by atoms with Gasteiger partial charge in [0.05, 0.1) is 19.1 Å². The quantitative estimate of drug-likeness (QED) is 0.732. The zero-order valence-corrected chi connectivity index (χ0v) is 10.00. The van der Waals surface area contributed by atoms with E-state index in [1.165, 1.54) is 19.3 Å². The molecule has 3 N–H and O–H groups in total. The highest BCUT2D eigenvalue weighted by Gasteiger charge is 2.36. The highest BCUT2D eigenvalue weighted by Crippen LogP contribution is 2.28. The first-order chi connectivity index (χ1) is 7.61. The van der Waals surface area contributed by atoms with Gasteiger partial charge < -0.3 is 15.8 Å². The fraction of sp³-hybridized carbons (Fsp3) is 0.917. The molecule has 4 heteroatoms. The predicted octanol–water partition coefficient (Wildman–Crippen LogP) is 0.799. The lowest BCUT2D eigenvalue weighted by Crippen LogP contribution is -2.52. The van der Waals surface area contributed by atoms with E-state index in [-0.39, 0.29) is 23.4 Å². The molecule has 0 aromatic rings. The molecule has 2 rings (SSSR count). The van der Waals surface area contributed by atoms with Crippen LogP contribution in [0.25, 0.3) is 0 Å². The summed E-state index contributed by atoms with van der Waals surface area (Å²) in [5, 5.41) is 3.17. The van der Waals surface area contributed by atoms with E-state index in [1.54, 1.807) is 0 Å². The van der Waals surface area contributed by atoms with E-state index >= 15 is 0 Å². The Morgan fingerprint density at radius 2 is 2.00 bits per heavy atom. The zero-order chi connectivity index (χ0) is 11.6. The summed E-state index contributed by atoms with van der Waals surface area (Å²) in [5.74, 6) is -0.0758. The molecule has 16 heavy (non-hydrogen) atoms. The van der Waals surface area contributed by atoms with Crippen molar-refractivity contribution in [3.05, 3.63) is 0 Å². The molecule has 1 aliphatic carbocycles. The van der Waals surface area contributed by atoms with Gasteiger partial charge in [0.15, 0.2) is 0 Å². The monoisotopic (exact) mass is 226 g/mol. The maximum atomic E-state index is 12.1. The number of nitrogens with one attached hydrogen (secondary N) is 1. The third-order valence-corrected chi connectivity index (χ3v) is 3.84. The SMILES string of the molecule is CC1(NC(=O)C2COCC2N)CCCCC1. The average molecular weight is 226 g/mol. The third-order valence-electron chi connectivity index (χ3n) is 3.84. The van der Waals surface area contributed by atoms with Crippen LogP contribution in [0.4, 0.5) is 0 Å². The second kappa shape index (κ2) is 4.72. The molecule has 1 saturated carbocycles. The molecule has 2 unspecified atom stereocenters. The van der Waals surface area contributed by atoms with Gasteiger partial charge in [-0.1, -0.05) is 19.3 Å². The van der Waals surface area contributed by atoms with E-state index in [0.717, 1.165) is 12.8 Å². The van der Waals surface area contributed by atoms with E-state index in [4.69, 9.17) is 10.5 Å². The number of rotatable bonds is 2. The number of nitrogens with two attached hydrogens (primary N) is 1. The third kappa shape index (κ3) is 2.55. The molecule has 2 atom stereocenters. The highest BCUT2D eigenvalue weighted by atomic mass is 16.5. The fourth-order valence-electron chi connectivity index (χ4n) is 2.69. The molecule has 0 radical (unpaired) electrons. The highest BCUT2D eigenvalue weighted by molar-refractivity contribution is 5.80. The molecule has 1 saturated heterocycles. The van der Waals surface area contributed by atoms with Crippen LogP contribution in [0.5, 0.6) is 0 Å². The molecule has 1 heterocycles. The maximum Gasteiger partial charge on any atom is 0.227 e. The number of ether oxygens (including phenoxy) is 1. The average Bonchev–Trinajstić information content (AvgIpc) is 2.65. The lowest BCUT2D eigenvalue weighted by Gasteiger charge is -2.35. The van der Waals surface area contributed by atoms with Crippen molar-refractivity contribution >= 4 is 5.91 Å². The van der Waals surface area contributed by atoms with Crippen LogP contribution >= 0.6 is 0 Å². The number of hydrogen-bond donors (Lipinski definition) is 2. The van der Waals surface area contributed by atoms with Gasteiger partial charge in [-0.25, -0.2) is 0 Å². The van der Waals surface area contributed by atoms with Crippen molar-refractivity contribution in [2.24, 2.45) is 11.7 Å². The molecular formula is C12H22N2O2. The summed E-state index contributed by atoms with van der Waals surface area (Å²) in [7, 11) is 0. The first-order valence-corrected chi connectivity index (χ1v) is 6.26. The van der Waals surface area contributed by atoms with Gasteiger partial charge in [0, 0.05) is 11.6 Å². The summed E-state index contributed by atoms with van der Waals surface area (Å²) in [6.07, 6.45) is 5.88. The van der Waals surface area contributed by atoms with Crippen molar-refractivity contribution in [2.45, 2.75) is 50.6 Å². The van der Waals surface area contributed by atoms with Gasteiger partial charge in [0.2, 0.25) is 5.91 Å². The smallest absolute Gasteiger partial charge is 0.227 e. The molecule has 1 aliphatic heterocycles. The van der Waals surface area contributed by atoms with E-state index in [2.05, 4.69) is 12.2 Å². The Morgan fingerprint density at radius 1 is 1.31 bits per heavy atom. The molecule has 92 valence electrons. The van der Waals surface area contributed by atoms with Crippen molar-refractivity contribution in [1.29, 1.82) is 0 Å². The Morgan fingerprint density at radius 3 is 2.56 bits per heavy atom. The van der Waals surface area contributed by atoms with Gasteiger partial charge in [-0.3, -0.25) is 4.79 Å². The zero-order valence-electron chi connectivity index (χ0n) is 10.00. The van der Waals surface area contributed by atoms with E-state index < -0.39 is 0 Å². The maximum absolute atomic E-state index is 12.1. The minimum Gasteiger partial charge on any atom is -0.379 e. The Bertz CT molecular complexity index is 262. The van der Waals surface area contributed by atoms with Crippen LogP contribution in [-0.4, -0.2) is 30.7 Å². The Balaban J connectivity index is 1.90. The van der Waals surface area contributed by atoms with Crippen molar-refractivity contribution in [1.82, 2.24) is 5.32 Å². The second-order valence-corrected chi connectivity index (χ2v) is 5.42. The van der Waals surface area contributed by atoms with Crippen LogP contribution in [0.3, 0.4) is 0 Å². The number of hydrogen-bond acceptors (Lipinski definition) is 3. The Hall–Kier alpha value is -0.610. The lowest BCUT2D eigenvalue weighted by atomic mass is 9.83. The molecule has 4 nitrogen and oxygen atoms in total. The first-order valence-electron chi connectivity index (χ1n) is 6.26. The van der Waals surface area contributed by atoms with Crippen molar-refractivity contribution in [3.63, 3.8) is 0 Å². The molecule has 0 aromatic carbocycles. The van der Waals surface area contributed by atoms with E-state index in [1.807, 2.05) is 0 Å². The van der Waals surface area contributed by atoms with Crippen LogP contribution in [0.1, 0.15) is 39.0 Å². The summed E-state index contributed by atoms with van der Waals surface area (Å²) in [6, 6.07) is -0.132. The van der Waals surface area contributed by atoms with Gasteiger partial charge in [-0.2, -0.15) is 0 Å². The molecular weight excluding hydrogens is 204 g/mol. The summed E-state index contributed by atoms with van der Waals surface area (Å²) in [6.45, 7) is 3.13. The van der Waals surface area contributed by atoms with Gasteiger partial charge in [-0.05, 0) is 19.8 Å². The first kappa shape index (κ1) is 11.9. The van der Waals surface area contributed by atoms with Crippen molar-refractivity contribution < 1.29 is 9.53 Å². The van der Waals surface area contributed by atoms with Crippen molar-refractivity contribution in [2.75, 3.05) is 13.2 Å². The van der Waals surface area contributed by atoms with Crippen LogP contribution < -0.4 is 11.1 Å². The van der Waals surface area contributed by atoms with Crippen LogP contribution in [0.15, 0.2) is 0 Å². The fourth-order valence-corrected chi connectivity index (χ4v) is 2.69. The predicted molar refractivity (Wildman–Crippen MR) is 61.9 cm³/mol. The molecule has 0 bridgehead atoms. The van der Waals surface area contributed by atoms with Crippen molar-refractivity contribution in [3.8, 4) is 0 Å². The minimum absolute atomic E-state index is 0.0162. The summed E-state index contributed by atoms with van der Waals surface area (Å²) >= 11 is 0. The number of carbonyl (C=O) groups is 1. The van der Waals surface area contributed by atoms with Gasteiger partial charge in [-0.15, -0.1) is 0 Å². The molecule has 2 fully saturated rings. The molecule has 0 spiro atoms. The Kier molecular flexibility index (Phi) is 3.50. The van der Waals surface area contributed by atoms with E-state index in [9.17, 15) is 4.79 Å². The number of carbonyl (C=O) groups excluding carboxylic acids is 1. The minimum atomic E-state index is -0.154. The van der Waals surface area contributed by atoms with Gasteiger partial charge in [0.25, 0.3) is 0 Å². The Labute approximate surface area is 96.9 Å². The lowest BCUT2D eigenvalue weighted by molar-refractivity contribution is -0.127. The van der Waals surface area contributed by atoms with Crippen LogP contribution in [-0.2, 0) is 9.53 Å². The second-order valence-electron chi connectivity index (χ2n) is 5.42. The van der Waals surface area contributed by atoms with Gasteiger partial charge >= 0.3 is 0 Å². The van der Waals surface area contributed by atoms with E-state index in [0.29, 0.717) is 13.2 Å². The topological polar surface area (TPSA) is 64.3 Å². The van der Waals surface area contributed by atoms with Crippen LogP contribution in [0, 0.1) is 5.92 Å². The number of amides is 1. The largest absolute Gasteiger partial charge is 0.379 e. The van der Waals surface area contributed by atoms with Crippen LogP contribution in [0.2, 0.25) is 0 Å². The standard InChI is InChI=1S/C12H22N2O2/c1-12(5-3-2-4-6-12)14-11(15)9-7-16-8-10(9)13/h9-10H,2-8,13H2,1H3,(H,14,15). The summed E-state index contributed by atoms with van der Waals surface area (Å²) < 4.78 is 5.23. The van der Waals surface area contributed by atoms with Gasteiger partial charge in [0.1, 0.15) is 0 Å². The normalized spacial score (nSPS) is 33.6. The summed E-state index contributed by atoms with van der Waals surface area (Å²) in [4.78, 5) is 12.1. The molecule has 1 amide bonds. The molecule has 2 aliphatic rings.